The summed E-state index contributed by atoms with van der Waals surface area (Å²) in [5.74, 6) is 0.484. The van der Waals surface area contributed by atoms with Gasteiger partial charge in [-0.15, -0.1) is 0 Å². The van der Waals surface area contributed by atoms with Crippen LogP contribution < -0.4 is 11.2 Å². The zero-order chi connectivity index (χ0) is 10.8. The van der Waals surface area contributed by atoms with E-state index in [2.05, 4.69) is 20.9 Å². The number of halogens is 1. The molecule has 0 amide bonds. The predicted octanol–water partition coefficient (Wildman–Crippen LogP) is 1.49. The van der Waals surface area contributed by atoms with Crippen molar-refractivity contribution in [1.82, 2.24) is 9.55 Å². The van der Waals surface area contributed by atoms with Gasteiger partial charge < -0.3 is 4.98 Å². The maximum atomic E-state index is 11.7. The van der Waals surface area contributed by atoms with Crippen LogP contribution in [-0.2, 0) is 6.54 Å². The number of H-pyrrole nitrogens is 1. The first-order valence-electron chi connectivity index (χ1n) is 5.16. The molecule has 0 aromatic carbocycles. The largest absolute Gasteiger partial charge is 0.328 e. The van der Waals surface area contributed by atoms with E-state index < -0.39 is 0 Å². The average molecular weight is 273 g/mol. The lowest BCUT2D eigenvalue weighted by Crippen LogP contribution is -2.36. The van der Waals surface area contributed by atoms with Crippen molar-refractivity contribution in [3.05, 3.63) is 31.5 Å². The summed E-state index contributed by atoms with van der Waals surface area (Å²) in [5, 5.41) is 0. The van der Waals surface area contributed by atoms with Gasteiger partial charge in [0.1, 0.15) is 0 Å². The number of aromatic amines is 1. The van der Waals surface area contributed by atoms with Gasteiger partial charge in [0.05, 0.1) is 4.47 Å². The van der Waals surface area contributed by atoms with Crippen LogP contribution in [0.5, 0.6) is 0 Å². The van der Waals surface area contributed by atoms with E-state index in [0.29, 0.717) is 16.9 Å². The van der Waals surface area contributed by atoms with Gasteiger partial charge in [-0.3, -0.25) is 9.36 Å². The highest BCUT2D eigenvalue weighted by Gasteiger charge is 2.17. The fourth-order valence-corrected chi connectivity index (χ4v) is 2.43. The van der Waals surface area contributed by atoms with Crippen molar-refractivity contribution in [2.24, 2.45) is 5.92 Å². The number of nitrogens with zero attached hydrogens (tertiary/aromatic N) is 1. The lowest BCUT2D eigenvalue weighted by molar-refractivity contribution is 0.435. The van der Waals surface area contributed by atoms with Crippen molar-refractivity contribution in [2.75, 3.05) is 0 Å². The standard InChI is InChI=1S/C10H13BrN2O2/c11-8-5-12-10(15)13(9(8)14)6-7-3-1-2-4-7/h5,7H,1-4,6H2,(H,12,15). The summed E-state index contributed by atoms with van der Waals surface area (Å²) >= 11 is 3.13. The third-order valence-electron chi connectivity index (χ3n) is 2.93. The number of hydrogen-bond acceptors (Lipinski definition) is 2. The molecule has 4 nitrogen and oxygen atoms in total. The fraction of sp³-hybridized carbons (Fsp3) is 0.600. The molecule has 0 bridgehead atoms. The summed E-state index contributed by atoms with van der Waals surface area (Å²) in [6.45, 7) is 0.549. The Bertz CT molecular complexity index is 457. The molecule has 1 N–H and O–H groups in total. The molecule has 0 unspecified atom stereocenters. The van der Waals surface area contributed by atoms with Gasteiger partial charge in [-0.05, 0) is 34.7 Å². The molecule has 0 aliphatic heterocycles. The quantitative estimate of drug-likeness (QED) is 0.887. The van der Waals surface area contributed by atoms with Crippen LogP contribution in [0.4, 0.5) is 0 Å². The molecular formula is C10H13BrN2O2. The molecule has 1 aliphatic carbocycles. The summed E-state index contributed by atoms with van der Waals surface area (Å²) in [6, 6.07) is 0. The van der Waals surface area contributed by atoms with Gasteiger partial charge >= 0.3 is 5.69 Å². The Morgan fingerprint density at radius 1 is 1.40 bits per heavy atom. The number of rotatable bonds is 2. The van der Waals surface area contributed by atoms with Crippen molar-refractivity contribution in [3.8, 4) is 0 Å². The van der Waals surface area contributed by atoms with E-state index in [9.17, 15) is 9.59 Å². The second-order valence-electron chi connectivity index (χ2n) is 4.01. The van der Waals surface area contributed by atoms with Gasteiger partial charge in [0, 0.05) is 12.7 Å². The molecule has 1 saturated carbocycles. The average Bonchev–Trinajstić information content (AvgIpc) is 2.71. The number of aromatic nitrogens is 2. The van der Waals surface area contributed by atoms with Gasteiger partial charge in [0.15, 0.2) is 0 Å². The van der Waals surface area contributed by atoms with E-state index in [1.54, 1.807) is 0 Å². The molecule has 15 heavy (non-hydrogen) atoms. The minimum absolute atomic E-state index is 0.231. The van der Waals surface area contributed by atoms with E-state index in [0.717, 1.165) is 12.8 Å². The Balaban J connectivity index is 2.30. The second-order valence-corrected chi connectivity index (χ2v) is 4.86. The first kappa shape index (κ1) is 10.7. The van der Waals surface area contributed by atoms with Gasteiger partial charge in [-0.2, -0.15) is 0 Å². The van der Waals surface area contributed by atoms with Crippen molar-refractivity contribution >= 4 is 15.9 Å². The van der Waals surface area contributed by atoms with E-state index in [1.165, 1.54) is 23.6 Å². The van der Waals surface area contributed by atoms with Gasteiger partial charge in [0.2, 0.25) is 0 Å². The molecule has 5 heteroatoms. The summed E-state index contributed by atoms with van der Waals surface area (Å²) in [4.78, 5) is 25.7. The molecule has 2 rings (SSSR count). The van der Waals surface area contributed by atoms with E-state index in [4.69, 9.17) is 0 Å². The second kappa shape index (κ2) is 4.35. The first-order valence-corrected chi connectivity index (χ1v) is 5.96. The molecular weight excluding hydrogens is 260 g/mol. The third kappa shape index (κ3) is 2.22. The minimum Gasteiger partial charge on any atom is -0.313 e. The Morgan fingerprint density at radius 3 is 2.73 bits per heavy atom. The van der Waals surface area contributed by atoms with Crippen LogP contribution >= 0.6 is 15.9 Å². The van der Waals surface area contributed by atoms with Crippen molar-refractivity contribution < 1.29 is 0 Å². The van der Waals surface area contributed by atoms with Gasteiger partial charge in [0.25, 0.3) is 5.56 Å². The summed E-state index contributed by atoms with van der Waals surface area (Å²) in [5.41, 5.74) is -0.541. The lowest BCUT2D eigenvalue weighted by atomic mass is 10.1. The van der Waals surface area contributed by atoms with Crippen LogP contribution in [-0.4, -0.2) is 9.55 Å². The molecule has 0 spiro atoms. The number of hydrogen-bond donors (Lipinski definition) is 1. The maximum absolute atomic E-state index is 11.7. The molecule has 0 radical (unpaired) electrons. The first-order chi connectivity index (χ1) is 7.18. The van der Waals surface area contributed by atoms with Crippen LogP contribution in [0.2, 0.25) is 0 Å². The van der Waals surface area contributed by atoms with Crippen LogP contribution in [0.15, 0.2) is 20.3 Å². The molecule has 1 fully saturated rings. The van der Waals surface area contributed by atoms with Crippen LogP contribution in [0.25, 0.3) is 0 Å². The Kier molecular flexibility index (Phi) is 3.09. The highest BCUT2D eigenvalue weighted by Crippen LogP contribution is 2.25. The SMILES string of the molecule is O=c1[nH]cc(Br)c(=O)n1CC1CCCC1. The molecule has 0 saturated heterocycles. The lowest BCUT2D eigenvalue weighted by Gasteiger charge is -2.10. The van der Waals surface area contributed by atoms with Gasteiger partial charge in [-0.1, -0.05) is 12.8 Å². The number of nitrogens with one attached hydrogen (secondary N) is 1. The predicted molar refractivity (Wildman–Crippen MR) is 61.0 cm³/mol. The minimum atomic E-state index is -0.310. The molecule has 1 aromatic rings. The van der Waals surface area contributed by atoms with Crippen molar-refractivity contribution in [3.63, 3.8) is 0 Å². The Hall–Kier alpha value is -0.840. The van der Waals surface area contributed by atoms with Crippen LogP contribution in [0.3, 0.4) is 0 Å². The third-order valence-corrected chi connectivity index (χ3v) is 3.50. The normalized spacial score (nSPS) is 17.1. The van der Waals surface area contributed by atoms with E-state index in [1.807, 2.05) is 0 Å². The Labute approximate surface area is 95.5 Å². The van der Waals surface area contributed by atoms with Crippen LogP contribution in [0.1, 0.15) is 25.7 Å². The summed E-state index contributed by atoms with van der Waals surface area (Å²) in [7, 11) is 0. The fourth-order valence-electron chi connectivity index (χ4n) is 2.10. The summed E-state index contributed by atoms with van der Waals surface area (Å²) < 4.78 is 1.71. The monoisotopic (exact) mass is 272 g/mol. The topological polar surface area (TPSA) is 54.9 Å². The van der Waals surface area contributed by atoms with E-state index >= 15 is 0 Å². The molecule has 0 atom stereocenters. The maximum Gasteiger partial charge on any atom is 0.328 e. The van der Waals surface area contributed by atoms with Crippen molar-refractivity contribution in [1.29, 1.82) is 0 Å². The molecule has 1 aliphatic rings. The van der Waals surface area contributed by atoms with Gasteiger partial charge in [-0.25, -0.2) is 4.79 Å². The van der Waals surface area contributed by atoms with Crippen LogP contribution in [0, 0.1) is 5.92 Å². The molecule has 82 valence electrons. The zero-order valence-electron chi connectivity index (χ0n) is 8.33. The van der Waals surface area contributed by atoms with E-state index in [-0.39, 0.29) is 11.2 Å². The zero-order valence-corrected chi connectivity index (χ0v) is 9.92. The molecule has 1 aromatic heterocycles. The van der Waals surface area contributed by atoms with Crippen molar-refractivity contribution in [2.45, 2.75) is 32.2 Å². The molecule has 1 heterocycles. The highest BCUT2D eigenvalue weighted by molar-refractivity contribution is 9.10. The Morgan fingerprint density at radius 2 is 2.07 bits per heavy atom. The highest BCUT2D eigenvalue weighted by atomic mass is 79.9. The smallest absolute Gasteiger partial charge is 0.313 e. The summed E-state index contributed by atoms with van der Waals surface area (Å²) in [6.07, 6.45) is 6.07.